The Balaban J connectivity index is 1.50. The number of aryl methyl sites for hydroxylation is 2. The maximum atomic E-state index is 12.5. The smallest absolute Gasteiger partial charge is 0.240 e. The molecule has 162 valence electrons. The van der Waals surface area contributed by atoms with Gasteiger partial charge in [0.25, 0.3) is 0 Å². The fraction of sp³-hybridized carbons (Fsp3) is 0.208. The molecule has 0 radical (unpaired) electrons. The highest BCUT2D eigenvalue weighted by atomic mass is 35.5. The molecule has 7 heteroatoms. The first-order chi connectivity index (χ1) is 14.8. The zero-order valence-corrected chi connectivity index (χ0v) is 18.8. The van der Waals surface area contributed by atoms with Crippen molar-refractivity contribution in [1.29, 1.82) is 0 Å². The second kappa shape index (κ2) is 10.6. The van der Waals surface area contributed by atoms with Crippen molar-refractivity contribution in [3.63, 3.8) is 0 Å². The van der Waals surface area contributed by atoms with Gasteiger partial charge < -0.3 is 5.32 Å². The molecular weight excluding hydrogens is 432 g/mol. The molecule has 3 rings (SSSR count). The molecule has 5 nitrogen and oxygen atoms in total. The predicted molar refractivity (Wildman–Crippen MR) is 125 cm³/mol. The van der Waals surface area contributed by atoms with Crippen LogP contribution in [0.15, 0.2) is 77.7 Å². The fourth-order valence-corrected chi connectivity index (χ4v) is 4.39. The molecule has 0 heterocycles. The summed E-state index contributed by atoms with van der Waals surface area (Å²) in [4.78, 5) is 12.4. The molecule has 0 saturated heterocycles. The van der Waals surface area contributed by atoms with Crippen LogP contribution in [0, 0.1) is 6.92 Å². The Bertz CT molecular complexity index is 1130. The van der Waals surface area contributed by atoms with Gasteiger partial charge in [-0.25, -0.2) is 13.1 Å². The van der Waals surface area contributed by atoms with Crippen LogP contribution in [0.1, 0.15) is 23.1 Å². The summed E-state index contributed by atoms with van der Waals surface area (Å²) < 4.78 is 27.6. The highest BCUT2D eigenvalue weighted by Crippen LogP contribution is 2.20. The molecule has 0 unspecified atom stereocenters. The van der Waals surface area contributed by atoms with Crippen molar-refractivity contribution < 1.29 is 13.2 Å². The molecule has 3 aromatic carbocycles. The van der Waals surface area contributed by atoms with Crippen LogP contribution in [0.5, 0.6) is 0 Å². The quantitative estimate of drug-likeness (QED) is 0.488. The minimum Gasteiger partial charge on any atom is -0.326 e. The van der Waals surface area contributed by atoms with E-state index in [-0.39, 0.29) is 10.8 Å². The number of amides is 1. The number of hydrogen-bond donors (Lipinski definition) is 2. The van der Waals surface area contributed by atoms with Gasteiger partial charge in [-0.2, -0.15) is 0 Å². The number of carbonyl (C=O) groups is 1. The van der Waals surface area contributed by atoms with E-state index in [0.717, 1.165) is 22.4 Å². The number of anilines is 1. The van der Waals surface area contributed by atoms with Crippen molar-refractivity contribution >= 4 is 33.2 Å². The zero-order chi connectivity index (χ0) is 22.3. The molecule has 0 aromatic heterocycles. The van der Waals surface area contributed by atoms with E-state index in [0.29, 0.717) is 30.8 Å². The summed E-state index contributed by atoms with van der Waals surface area (Å²) in [6, 6.07) is 21.7. The molecule has 0 aliphatic carbocycles. The van der Waals surface area contributed by atoms with Crippen LogP contribution >= 0.6 is 11.6 Å². The van der Waals surface area contributed by atoms with Gasteiger partial charge in [-0.1, -0.05) is 54.1 Å². The number of sulfonamides is 1. The summed E-state index contributed by atoms with van der Waals surface area (Å²) >= 11 is 5.94. The summed E-state index contributed by atoms with van der Waals surface area (Å²) in [6.45, 7) is 2.22. The number of rotatable bonds is 9. The van der Waals surface area contributed by atoms with Crippen LogP contribution in [0.2, 0.25) is 5.02 Å². The van der Waals surface area contributed by atoms with E-state index in [1.165, 1.54) is 0 Å². The standard InChI is InChI=1S/C24H25ClN2O3S/c1-18-17-21(25)10-13-23(18)27-24(28)14-9-20-7-11-22(12-8-20)31(29,30)26-16-15-19-5-3-2-4-6-19/h2-8,10-13,17,26H,9,14-16H2,1H3,(H,27,28). The predicted octanol–water partition coefficient (Wildman–Crippen LogP) is 4.74. The Hall–Kier alpha value is -2.67. The van der Waals surface area contributed by atoms with Crippen molar-refractivity contribution in [2.24, 2.45) is 0 Å². The third-order valence-electron chi connectivity index (χ3n) is 4.89. The second-order valence-corrected chi connectivity index (χ2v) is 9.49. The highest BCUT2D eigenvalue weighted by molar-refractivity contribution is 7.89. The molecule has 0 atom stereocenters. The molecule has 0 bridgehead atoms. The monoisotopic (exact) mass is 456 g/mol. The van der Waals surface area contributed by atoms with Crippen LogP contribution < -0.4 is 10.0 Å². The molecule has 0 saturated carbocycles. The van der Waals surface area contributed by atoms with Gasteiger partial charge in [-0.05, 0) is 66.8 Å². The number of hydrogen-bond acceptors (Lipinski definition) is 3. The van der Waals surface area contributed by atoms with Crippen LogP contribution in [0.25, 0.3) is 0 Å². The third kappa shape index (κ3) is 6.92. The summed E-state index contributed by atoms with van der Waals surface area (Å²) in [6.07, 6.45) is 1.43. The first-order valence-corrected chi connectivity index (χ1v) is 11.9. The van der Waals surface area contributed by atoms with Gasteiger partial charge in [-0.15, -0.1) is 0 Å². The van der Waals surface area contributed by atoms with E-state index >= 15 is 0 Å². The largest absolute Gasteiger partial charge is 0.326 e. The molecule has 0 fully saturated rings. The summed E-state index contributed by atoms with van der Waals surface area (Å²) in [5.74, 6) is -0.107. The maximum absolute atomic E-state index is 12.5. The van der Waals surface area contributed by atoms with Crippen LogP contribution in [-0.4, -0.2) is 20.9 Å². The lowest BCUT2D eigenvalue weighted by Crippen LogP contribution is -2.26. The van der Waals surface area contributed by atoms with Gasteiger partial charge in [0, 0.05) is 23.7 Å². The summed E-state index contributed by atoms with van der Waals surface area (Å²) in [7, 11) is -3.57. The maximum Gasteiger partial charge on any atom is 0.240 e. The number of halogens is 1. The first kappa shape index (κ1) is 23.0. The Morgan fingerprint density at radius 2 is 1.58 bits per heavy atom. The minimum atomic E-state index is -3.57. The topological polar surface area (TPSA) is 75.3 Å². The van der Waals surface area contributed by atoms with Gasteiger partial charge in [0.05, 0.1) is 4.90 Å². The van der Waals surface area contributed by atoms with Gasteiger partial charge in [0.1, 0.15) is 0 Å². The van der Waals surface area contributed by atoms with Crippen molar-refractivity contribution in [2.45, 2.75) is 31.1 Å². The Morgan fingerprint density at radius 1 is 0.903 bits per heavy atom. The molecule has 0 spiro atoms. The average Bonchev–Trinajstić information content (AvgIpc) is 2.75. The van der Waals surface area contributed by atoms with Crippen LogP contribution in [-0.2, 0) is 27.7 Å². The van der Waals surface area contributed by atoms with E-state index in [9.17, 15) is 13.2 Å². The minimum absolute atomic E-state index is 0.107. The lowest BCUT2D eigenvalue weighted by atomic mass is 10.1. The normalized spacial score (nSPS) is 11.3. The Morgan fingerprint density at radius 3 is 2.26 bits per heavy atom. The van der Waals surface area contributed by atoms with Gasteiger partial charge >= 0.3 is 0 Å². The van der Waals surface area contributed by atoms with Crippen LogP contribution in [0.3, 0.4) is 0 Å². The van der Waals surface area contributed by atoms with Crippen molar-refractivity contribution in [3.8, 4) is 0 Å². The molecule has 0 aliphatic rings. The Kier molecular flexibility index (Phi) is 7.85. The molecule has 31 heavy (non-hydrogen) atoms. The van der Waals surface area contributed by atoms with E-state index in [4.69, 9.17) is 11.6 Å². The lowest BCUT2D eigenvalue weighted by Gasteiger charge is -2.10. The van der Waals surface area contributed by atoms with Gasteiger partial charge in [-0.3, -0.25) is 4.79 Å². The van der Waals surface area contributed by atoms with E-state index in [1.54, 1.807) is 42.5 Å². The summed E-state index contributed by atoms with van der Waals surface area (Å²) in [5, 5.41) is 3.50. The van der Waals surface area contributed by atoms with Gasteiger partial charge in [0.15, 0.2) is 0 Å². The zero-order valence-electron chi connectivity index (χ0n) is 17.3. The molecule has 2 N–H and O–H groups in total. The lowest BCUT2D eigenvalue weighted by molar-refractivity contribution is -0.116. The van der Waals surface area contributed by atoms with Gasteiger partial charge in [0.2, 0.25) is 15.9 Å². The molecular formula is C24H25ClN2O3S. The molecule has 3 aromatic rings. The van der Waals surface area contributed by atoms with Crippen molar-refractivity contribution in [2.75, 3.05) is 11.9 Å². The second-order valence-electron chi connectivity index (χ2n) is 7.28. The fourth-order valence-electron chi connectivity index (χ4n) is 3.13. The number of carbonyl (C=O) groups excluding carboxylic acids is 1. The first-order valence-electron chi connectivity index (χ1n) is 10.0. The van der Waals surface area contributed by atoms with E-state index in [1.807, 2.05) is 37.3 Å². The average molecular weight is 457 g/mol. The molecule has 0 aliphatic heterocycles. The third-order valence-corrected chi connectivity index (χ3v) is 6.60. The van der Waals surface area contributed by atoms with E-state index in [2.05, 4.69) is 10.0 Å². The number of benzene rings is 3. The highest BCUT2D eigenvalue weighted by Gasteiger charge is 2.13. The van der Waals surface area contributed by atoms with E-state index < -0.39 is 10.0 Å². The van der Waals surface area contributed by atoms with Crippen molar-refractivity contribution in [1.82, 2.24) is 4.72 Å². The Labute approximate surface area is 188 Å². The SMILES string of the molecule is Cc1cc(Cl)ccc1NC(=O)CCc1ccc(S(=O)(=O)NCCc2ccccc2)cc1. The van der Waals surface area contributed by atoms with Crippen molar-refractivity contribution in [3.05, 3.63) is 94.5 Å². The molecule has 1 amide bonds. The number of nitrogens with one attached hydrogen (secondary N) is 2. The summed E-state index contributed by atoms with van der Waals surface area (Å²) in [5.41, 5.74) is 3.60. The van der Waals surface area contributed by atoms with Crippen LogP contribution in [0.4, 0.5) is 5.69 Å².